The Morgan fingerprint density at radius 2 is 1.57 bits per heavy atom. The molecule has 3 rings (SSSR count). The lowest BCUT2D eigenvalue weighted by molar-refractivity contribution is 0.0927. The monoisotopic (exact) mass is 297 g/mol. The van der Waals surface area contributed by atoms with E-state index in [2.05, 4.69) is 4.99 Å². The van der Waals surface area contributed by atoms with Crippen molar-refractivity contribution in [1.82, 2.24) is 0 Å². The zero-order valence-electron chi connectivity index (χ0n) is 11.3. The molecule has 0 radical (unpaired) electrons. The quantitative estimate of drug-likeness (QED) is 0.794. The van der Waals surface area contributed by atoms with Crippen LogP contribution in [0.1, 0.15) is 27.6 Å². The second kappa shape index (κ2) is 5.26. The van der Waals surface area contributed by atoms with Gasteiger partial charge in [-0.25, -0.2) is 4.99 Å². The number of carbonyl (C=O) groups is 2. The van der Waals surface area contributed by atoms with E-state index in [1.54, 1.807) is 55.5 Å². The Morgan fingerprint density at radius 3 is 2.24 bits per heavy atom. The number of aliphatic imine (C=N–C) groups is 1. The second-order valence-electron chi connectivity index (χ2n) is 4.93. The third-order valence-corrected chi connectivity index (χ3v) is 3.80. The molecule has 0 aromatic heterocycles. The first-order valence-corrected chi connectivity index (χ1v) is 6.98. The third-order valence-electron chi connectivity index (χ3n) is 3.55. The van der Waals surface area contributed by atoms with Gasteiger partial charge in [0.05, 0.1) is 17.3 Å². The Hall–Kier alpha value is -2.26. The molecule has 1 atom stereocenters. The Kier molecular flexibility index (Phi) is 3.43. The van der Waals surface area contributed by atoms with Crippen LogP contribution in [-0.4, -0.2) is 17.3 Å². The van der Waals surface area contributed by atoms with Crippen LogP contribution >= 0.6 is 11.6 Å². The van der Waals surface area contributed by atoms with E-state index in [1.165, 1.54) is 0 Å². The van der Waals surface area contributed by atoms with Gasteiger partial charge in [-0.2, -0.15) is 0 Å². The highest BCUT2D eigenvalue weighted by Crippen LogP contribution is 2.26. The summed E-state index contributed by atoms with van der Waals surface area (Å²) in [4.78, 5) is 29.3. The highest BCUT2D eigenvalue weighted by molar-refractivity contribution is 6.53. The average molecular weight is 298 g/mol. The zero-order chi connectivity index (χ0) is 15.0. The van der Waals surface area contributed by atoms with Crippen molar-refractivity contribution in [3.8, 4) is 0 Å². The second-order valence-corrected chi connectivity index (χ2v) is 5.37. The molecule has 0 spiro atoms. The van der Waals surface area contributed by atoms with Gasteiger partial charge in [0.1, 0.15) is 0 Å². The maximum absolute atomic E-state index is 12.5. The highest BCUT2D eigenvalue weighted by atomic mass is 35.5. The number of hydrogen-bond donors (Lipinski definition) is 0. The summed E-state index contributed by atoms with van der Waals surface area (Å²) >= 11 is 5.83. The molecule has 2 aromatic carbocycles. The Bertz CT molecular complexity index is 763. The smallest absolute Gasteiger partial charge is 0.208 e. The van der Waals surface area contributed by atoms with Crippen LogP contribution in [0.2, 0.25) is 5.02 Å². The molecule has 0 N–H and O–H groups in total. The molecule has 0 saturated heterocycles. The van der Waals surface area contributed by atoms with Crippen molar-refractivity contribution in [2.45, 2.75) is 6.92 Å². The van der Waals surface area contributed by atoms with Gasteiger partial charge >= 0.3 is 0 Å². The Morgan fingerprint density at radius 1 is 0.952 bits per heavy atom. The first-order valence-electron chi connectivity index (χ1n) is 6.60. The van der Waals surface area contributed by atoms with Gasteiger partial charge in [0.15, 0.2) is 5.78 Å². The number of nitrogens with zero attached hydrogens (tertiary/aromatic N) is 1. The van der Waals surface area contributed by atoms with Gasteiger partial charge in [-0.15, -0.1) is 0 Å². The number of fused-ring (bicyclic) bond motifs is 1. The maximum atomic E-state index is 12.5. The molecule has 1 unspecified atom stereocenters. The molecule has 2 aromatic rings. The van der Waals surface area contributed by atoms with Crippen LogP contribution in [0.4, 0.5) is 5.69 Å². The first-order chi connectivity index (χ1) is 10.1. The van der Waals surface area contributed by atoms with Crippen molar-refractivity contribution in [3.05, 3.63) is 64.7 Å². The molecule has 3 nitrogen and oxygen atoms in total. The standard InChI is InChI=1S/C17H12ClNO2/c1-10-15(19-12-8-6-11(18)7-9-12)17(21)14-5-3-2-4-13(14)16(10)20/h2-10H,1H3. The van der Waals surface area contributed by atoms with Gasteiger partial charge in [-0.05, 0) is 31.2 Å². The summed E-state index contributed by atoms with van der Waals surface area (Å²) < 4.78 is 0. The van der Waals surface area contributed by atoms with Gasteiger partial charge < -0.3 is 0 Å². The molecule has 104 valence electrons. The first kappa shape index (κ1) is 13.7. The summed E-state index contributed by atoms with van der Waals surface area (Å²) in [6.45, 7) is 1.71. The number of carbonyl (C=O) groups excluding carboxylic acids is 2. The number of benzene rings is 2. The van der Waals surface area contributed by atoms with Gasteiger partial charge in [-0.3, -0.25) is 9.59 Å². The van der Waals surface area contributed by atoms with E-state index in [4.69, 9.17) is 11.6 Å². The fraction of sp³-hybridized carbons (Fsp3) is 0.118. The lowest BCUT2D eigenvalue weighted by atomic mass is 9.81. The molecule has 0 fully saturated rings. The third kappa shape index (κ3) is 2.41. The minimum Gasteiger partial charge on any atom is -0.293 e. The predicted octanol–water partition coefficient (Wildman–Crippen LogP) is 4.13. The summed E-state index contributed by atoms with van der Waals surface area (Å²) in [7, 11) is 0. The number of halogens is 1. The summed E-state index contributed by atoms with van der Waals surface area (Å²) in [6, 6.07) is 13.7. The molecular weight excluding hydrogens is 286 g/mol. The van der Waals surface area contributed by atoms with Crippen LogP contribution in [0.5, 0.6) is 0 Å². The van der Waals surface area contributed by atoms with Crippen LogP contribution < -0.4 is 0 Å². The van der Waals surface area contributed by atoms with E-state index in [9.17, 15) is 9.59 Å². The summed E-state index contributed by atoms with van der Waals surface area (Å²) in [5.74, 6) is -0.798. The predicted molar refractivity (Wildman–Crippen MR) is 82.8 cm³/mol. The van der Waals surface area contributed by atoms with Crippen molar-refractivity contribution < 1.29 is 9.59 Å². The maximum Gasteiger partial charge on any atom is 0.208 e. The number of rotatable bonds is 1. The minimum atomic E-state index is -0.539. The van der Waals surface area contributed by atoms with Crippen LogP contribution in [0.15, 0.2) is 53.5 Å². The van der Waals surface area contributed by atoms with Crippen molar-refractivity contribution in [2.24, 2.45) is 10.9 Å². The van der Waals surface area contributed by atoms with Crippen LogP contribution in [0.25, 0.3) is 0 Å². The van der Waals surface area contributed by atoms with E-state index in [-0.39, 0.29) is 17.3 Å². The fourth-order valence-corrected chi connectivity index (χ4v) is 2.52. The number of Topliss-reactive ketones (excluding diaryl/α,β-unsaturated/α-hetero) is 2. The summed E-state index contributed by atoms with van der Waals surface area (Å²) in [6.07, 6.45) is 0. The summed E-state index contributed by atoms with van der Waals surface area (Å²) in [5.41, 5.74) is 1.79. The van der Waals surface area contributed by atoms with E-state index in [1.807, 2.05) is 0 Å². The Labute approximate surface area is 127 Å². The Balaban J connectivity index is 2.10. The number of ketones is 2. The normalized spacial score (nSPS) is 19.7. The minimum absolute atomic E-state index is 0.0714. The SMILES string of the molecule is CC1C(=O)c2ccccc2C(=O)C1=Nc1ccc(Cl)cc1. The highest BCUT2D eigenvalue weighted by Gasteiger charge is 2.35. The largest absolute Gasteiger partial charge is 0.293 e. The van der Waals surface area contributed by atoms with Crippen LogP contribution in [0.3, 0.4) is 0 Å². The molecule has 0 aliphatic heterocycles. The lowest BCUT2D eigenvalue weighted by Crippen LogP contribution is -2.35. The molecule has 0 saturated carbocycles. The molecule has 1 aliphatic rings. The van der Waals surface area contributed by atoms with E-state index in [0.717, 1.165) is 0 Å². The van der Waals surface area contributed by atoms with Crippen molar-refractivity contribution in [3.63, 3.8) is 0 Å². The average Bonchev–Trinajstić information content (AvgIpc) is 2.51. The molecular formula is C17H12ClNO2. The molecule has 1 aliphatic carbocycles. The van der Waals surface area contributed by atoms with Crippen molar-refractivity contribution in [2.75, 3.05) is 0 Å². The van der Waals surface area contributed by atoms with E-state index >= 15 is 0 Å². The van der Waals surface area contributed by atoms with Gasteiger partial charge in [-0.1, -0.05) is 35.9 Å². The molecule has 0 bridgehead atoms. The van der Waals surface area contributed by atoms with Crippen LogP contribution in [0, 0.1) is 5.92 Å². The van der Waals surface area contributed by atoms with E-state index < -0.39 is 5.92 Å². The van der Waals surface area contributed by atoms with Crippen molar-refractivity contribution >= 4 is 34.6 Å². The van der Waals surface area contributed by atoms with E-state index in [0.29, 0.717) is 21.8 Å². The van der Waals surface area contributed by atoms with Gasteiger partial charge in [0.2, 0.25) is 5.78 Å². The van der Waals surface area contributed by atoms with Gasteiger partial charge in [0, 0.05) is 16.1 Å². The number of hydrogen-bond acceptors (Lipinski definition) is 3. The fourth-order valence-electron chi connectivity index (χ4n) is 2.39. The van der Waals surface area contributed by atoms with Crippen molar-refractivity contribution in [1.29, 1.82) is 0 Å². The molecule has 0 heterocycles. The summed E-state index contributed by atoms with van der Waals surface area (Å²) in [5, 5.41) is 0.600. The molecule has 4 heteroatoms. The lowest BCUT2D eigenvalue weighted by Gasteiger charge is -2.21. The van der Waals surface area contributed by atoms with Gasteiger partial charge in [0.25, 0.3) is 0 Å². The van der Waals surface area contributed by atoms with Crippen LogP contribution in [-0.2, 0) is 0 Å². The zero-order valence-corrected chi connectivity index (χ0v) is 12.1. The molecule has 0 amide bonds. The topological polar surface area (TPSA) is 46.5 Å². The molecule has 21 heavy (non-hydrogen) atoms.